The van der Waals surface area contributed by atoms with E-state index >= 15 is 0 Å². The van der Waals surface area contributed by atoms with E-state index in [2.05, 4.69) is 10.6 Å². The fraction of sp³-hybridized carbons (Fsp3) is 0.714. The second-order valence-electron chi connectivity index (χ2n) is 5.14. The van der Waals surface area contributed by atoms with Crippen LogP contribution < -0.4 is 10.6 Å². The molecule has 1 aliphatic rings. The molecule has 0 bridgehead atoms. The molecular formula is C14H22N2O8. The van der Waals surface area contributed by atoms with Crippen molar-refractivity contribution in [1.82, 2.24) is 10.6 Å². The number of carboxylic acids is 1. The number of aliphatic carboxylic acids is 1. The predicted octanol–water partition coefficient (Wildman–Crippen LogP) is -1.22. The van der Waals surface area contributed by atoms with Gasteiger partial charge in [0.05, 0.1) is 26.2 Å². The van der Waals surface area contributed by atoms with E-state index < -0.39 is 30.6 Å². The van der Waals surface area contributed by atoms with Crippen LogP contribution in [0, 0.1) is 0 Å². The van der Waals surface area contributed by atoms with Gasteiger partial charge in [0, 0.05) is 13.3 Å². The van der Waals surface area contributed by atoms with Crippen LogP contribution in [0.15, 0.2) is 0 Å². The van der Waals surface area contributed by atoms with Gasteiger partial charge < -0.3 is 30.0 Å². The summed E-state index contributed by atoms with van der Waals surface area (Å²) in [5.74, 6) is -2.49. The van der Waals surface area contributed by atoms with Gasteiger partial charge in [-0.2, -0.15) is 0 Å². The molecule has 0 unspecified atom stereocenters. The van der Waals surface area contributed by atoms with Gasteiger partial charge in [-0.3, -0.25) is 19.2 Å². The lowest BCUT2D eigenvalue weighted by atomic mass is 10.1. The van der Waals surface area contributed by atoms with Crippen LogP contribution in [0.4, 0.5) is 0 Å². The smallest absolute Gasteiger partial charge is 0.322 e. The van der Waals surface area contributed by atoms with E-state index in [0.717, 1.165) is 0 Å². The lowest BCUT2D eigenvalue weighted by Crippen LogP contribution is -2.39. The number of nitrogens with one attached hydrogen (secondary N) is 2. The second-order valence-corrected chi connectivity index (χ2v) is 5.14. The van der Waals surface area contributed by atoms with Gasteiger partial charge in [-0.25, -0.2) is 0 Å². The van der Waals surface area contributed by atoms with Gasteiger partial charge in [-0.15, -0.1) is 0 Å². The van der Waals surface area contributed by atoms with Crippen LogP contribution in [-0.2, 0) is 33.4 Å². The molecule has 0 aromatic carbocycles. The highest BCUT2D eigenvalue weighted by Crippen LogP contribution is 2.17. The van der Waals surface area contributed by atoms with E-state index in [9.17, 15) is 19.2 Å². The van der Waals surface area contributed by atoms with Crippen molar-refractivity contribution in [2.24, 2.45) is 0 Å². The Labute approximate surface area is 138 Å². The molecule has 10 heteroatoms. The molecule has 0 spiro atoms. The van der Waals surface area contributed by atoms with Gasteiger partial charge in [-0.1, -0.05) is 0 Å². The Balaban J connectivity index is 2.06. The zero-order valence-electron chi connectivity index (χ0n) is 13.4. The number of carboxylic acid groups (broad SMARTS) is 1. The number of rotatable bonds is 9. The summed E-state index contributed by atoms with van der Waals surface area (Å²) in [6, 6.07) is 0. The van der Waals surface area contributed by atoms with Gasteiger partial charge in [0.25, 0.3) is 0 Å². The molecule has 0 radical (unpaired) electrons. The summed E-state index contributed by atoms with van der Waals surface area (Å²) in [6.45, 7) is 0.913. The summed E-state index contributed by atoms with van der Waals surface area (Å²) in [7, 11) is 0. The Morgan fingerprint density at radius 1 is 1.12 bits per heavy atom. The van der Waals surface area contributed by atoms with Crippen LogP contribution in [0.2, 0.25) is 0 Å². The molecule has 1 saturated heterocycles. The SMILES string of the molecule is CC(=O)O[C@@H]1CC[C@H](OCCC(=O)NCC(=O)NCC(=O)O)OC1. The van der Waals surface area contributed by atoms with Gasteiger partial charge in [-0.05, 0) is 6.42 Å². The summed E-state index contributed by atoms with van der Waals surface area (Å²) in [4.78, 5) is 43.8. The average Bonchev–Trinajstić information content (AvgIpc) is 2.52. The van der Waals surface area contributed by atoms with Crippen molar-refractivity contribution >= 4 is 23.8 Å². The standard InChI is InChI=1S/C14H22N2O8/c1-9(17)24-10-2-3-14(23-8-10)22-5-4-11(18)15-6-12(19)16-7-13(20)21/h10,14H,2-8H2,1H3,(H,15,18)(H,16,19)(H,20,21)/t10-,14-/m1/s1. The first kappa shape index (κ1) is 19.8. The fourth-order valence-corrected chi connectivity index (χ4v) is 1.95. The van der Waals surface area contributed by atoms with Crippen molar-refractivity contribution in [2.45, 2.75) is 38.6 Å². The quantitative estimate of drug-likeness (QED) is 0.441. The second kappa shape index (κ2) is 10.6. The molecule has 0 aliphatic carbocycles. The molecule has 0 saturated carbocycles. The van der Waals surface area contributed by atoms with Crippen LogP contribution >= 0.6 is 0 Å². The maximum atomic E-state index is 11.5. The molecule has 136 valence electrons. The Kier molecular flexibility index (Phi) is 8.72. The van der Waals surface area contributed by atoms with E-state index in [1.54, 1.807) is 0 Å². The Hall–Kier alpha value is -2.20. The largest absolute Gasteiger partial charge is 0.480 e. The molecule has 2 amide bonds. The highest BCUT2D eigenvalue weighted by molar-refractivity contribution is 5.86. The van der Waals surface area contributed by atoms with Crippen molar-refractivity contribution < 1.29 is 38.5 Å². The maximum absolute atomic E-state index is 11.5. The summed E-state index contributed by atoms with van der Waals surface area (Å²) in [5.41, 5.74) is 0. The Morgan fingerprint density at radius 3 is 2.42 bits per heavy atom. The van der Waals surface area contributed by atoms with E-state index in [0.29, 0.717) is 12.8 Å². The Bertz CT molecular complexity index is 460. The molecule has 10 nitrogen and oxygen atoms in total. The molecule has 24 heavy (non-hydrogen) atoms. The summed E-state index contributed by atoms with van der Waals surface area (Å²) in [5, 5.41) is 12.9. The van der Waals surface area contributed by atoms with E-state index in [1.165, 1.54) is 6.92 Å². The van der Waals surface area contributed by atoms with Crippen molar-refractivity contribution in [2.75, 3.05) is 26.3 Å². The molecular weight excluding hydrogens is 324 g/mol. The minimum atomic E-state index is -1.16. The number of hydrogen-bond acceptors (Lipinski definition) is 7. The molecule has 1 heterocycles. The average molecular weight is 346 g/mol. The van der Waals surface area contributed by atoms with Crippen molar-refractivity contribution in [3.8, 4) is 0 Å². The van der Waals surface area contributed by atoms with Crippen molar-refractivity contribution in [1.29, 1.82) is 0 Å². The van der Waals surface area contributed by atoms with Gasteiger partial charge in [0.1, 0.15) is 12.6 Å². The summed E-state index contributed by atoms with van der Waals surface area (Å²) >= 11 is 0. The van der Waals surface area contributed by atoms with Gasteiger partial charge in [0.15, 0.2) is 6.29 Å². The maximum Gasteiger partial charge on any atom is 0.322 e. The first-order valence-electron chi connectivity index (χ1n) is 7.52. The van der Waals surface area contributed by atoms with E-state index in [1.807, 2.05) is 0 Å². The fourth-order valence-electron chi connectivity index (χ4n) is 1.95. The minimum Gasteiger partial charge on any atom is -0.480 e. The van der Waals surface area contributed by atoms with Crippen LogP contribution in [0.25, 0.3) is 0 Å². The zero-order valence-corrected chi connectivity index (χ0v) is 13.4. The number of amides is 2. The summed E-state index contributed by atoms with van der Waals surface area (Å²) in [6.07, 6.45) is 0.495. The highest BCUT2D eigenvalue weighted by atomic mass is 16.7. The van der Waals surface area contributed by atoms with Crippen LogP contribution in [-0.4, -0.2) is 67.6 Å². The van der Waals surface area contributed by atoms with Crippen molar-refractivity contribution in [3.05, 3.63) is 0 Å². The van der Waals surface area contributed by atoms with Crippen LogP contribution in [0.5, 0.6) is 0 Å². The monoisotopic (exact) mass is 346 g/mol. The number of ether oxygens (including phenoxy) is 3. The Morgan fingerprint density at radius 2 is 1.83 bits per heavy atom. The third-order valence-corrected chi connectivity index (χ3v) is 3.04. The number of hydrogen-bond donors (Lipinski definition) is 3. The zero-order chi connectivity index (χ0) is 17.9. The topological polar surface area (TPSA) is 140 Å². The molecule has 0 aromatic heterocycles. The molecule has 1 fully saturated rings. The first-order chi connectivity index (χ1) is 11.4. The third kappa shape index (κ3) is 9.06. The highest BCUT2D eigenvalue weighted by Gasteiger charge is 2.24. The van der Waals surface area contributed by atoms with Crippen LogP contribution in [0.1, 0.15) is 26.2 Å². The third-order valence-electron chi connectivity index (χ3n) is 3.04. The van der Waals surface area contributed by atoms with E-state index in [4.69, 9.17) is 19.3 Å². The number of carbonyl (C=O) groups is 4. The van der Waals surface area contributed by atoms with Gasteiger partial charge >= 0.3 is 11.9 Å². The summed E-state index contributed by atoms with van der Waals surface area (Å²) < 4.78 is 15.8. The lowest BCUT2D eigenvalue weighted by molar-refractivity contribution is -0.197. The predicted molar refractivity (Wildman–Crippen MR) is 78.8 cm³/mol. The molecule has 0 aromatic rings. The molecule has 3 N–H and O–H groups in total. The minimum absolute atomic E-state index is 0.0411. The molecule has 1 rings (SSSR count). The van der Waals surface area contributed by atoms with E-state index in [-0.39, 0.29) is 38.3 Å². The van der Waals surface area contributed by atoms with Crippen molar-refractivity contribution in [3.63, 3.8) is 0 Å². The number of esters is 1. The van der Waals surface area contributed by atoms with Gasteiger partial charge in [0.2, 0.25) is 11.8 Å². The van der Waals surface area contributed by atoms with Crippen LogP contribution in [0.3, 0.4) is 0 Å². The molecule has 1 aliphatic heterocycles. The first-order valence-corrected chi connectivity index (χ1v) is 7.52. The number of carbonyl (C=O) groups excluding carboxylic acids is 3. The lowest BCUT2D eigenvalue weighted by Gasteiger charge is -2.28. The normalized spacial score (nSPS) is 20.0. The molecule has 2 atom stereocenters.